The zero-order valence-electron chi connectivity index (χ0n) is 10.7. The first kappa shape index (κ1) is 12.6. The highest BCUT2D eigenvalue weighted by atomic mass is 32.1. The molecule has 18 heavy (non-hydrogen) atoms. The molecule has 1 aromatic heterocycles. The molecule has 2 atom stereocenters. The van der Waals surface area contributed by atoms with Crippen LogP contribution in [-0.2, 0) is 4.74 Å². The van der Waals surface area contributed by atoms with Crippen LogP contribution in [0.1, 0.15) is 50.1 Å². The van der Waals surface area contributed by atoms with Crippen LogP contribution in [0, 0.1) is 5.92 Å². The van der Waals surface area contributed by atoms with Gasteiger partial charge in [0, 0.05) is 12.6 Å². The number of ether oxygens (including phenoxy) is 1. The van der Waals surface area contributed by atoms with E-state index in [1.165, 1.54) is 31.2 Å². The molecule has 100 valence electrons. The molecule has 4 heteroatoms. The quantitative estimate of drug-likeness (QED) is 0.653. The molecule has 3 nitrogen and oxygen atoms in total. The van der Waals surface area contributed by atoms with Crippen molar-refractivity contribution in [2.24, 2.45) is 11.8 Å². The molecule has 0 amide bonds. The number of hydrogen-bond donors (Lipinski definition) is 2. The second-order valence-electron chi connectivity index (χ2n) is 5.69. The molecule has 1 aliphatic heterocycles. The van der Waals surface area contributed by atoms with Gasteiger partial charge in [0.15, 0.2) is 0 Å². The summed E-state index contributed by atoms with van der Waals surface area (Å²) in [5.41, 5.74) is 4.54. The van der Waals surface area contributed by atoms with E-state index in [4.69, 9.17) is 10.6 Å². The Morgan fingerprint density at radius 1 is 1.44 bits per heavy atom. The third-order valence-corrected chi connectivity index (χ3v) is 5.30. The van der Waals surface area contributed by atoms with E-state index < -0.39 is 0 Å². The minimum atomic E-state index is 0.175. The summed E-state index contributed by atoms with van der Waals surface area (Å²) in [5, 5.41) is 4.34. The molecule has 1 aromatic rings. The molecule has 2 unspecified atom stereocenters. The van der Waals surface area contributed by atoms with Crippen LogP contribution >= 0.6 is 11.3 Å². The first-order valence-corrected chi connectivity index (χ1v) is 7.89. The zero-order valence-corrected chi connectivity index (χ0v) is 11.5. The van der Waals surface area contributed by atoms with E-state index in [9.17, 15) is 0 Å². The minimum Gasteiger partial charge on any atom is -0.375 e. The van der Waals surface area contributed by atoms with E-state index in [1.54, 1.807) is 11.3 Å². The second kappa shape index (κ2) is 5.29. The van der Waals surface area contributed by atoms with Crippen molar-refractivity contribution in [3.8, 4) is 0 Å². The van der Waals surface area contributed by atoms with Crippen molar-refractivity contribution in [2.45, 2.75) is 50.2 Å². The van der Waals surface area contributed by atoms with E-state index in [0.717, 1.165) is 19.4 Å². The molecular formula is C14H22N2OS. The average Bonchev–Trinajstić information content (AvgIpc) is 3.03. The van der Waals surface area contributed by atoms with Gasteiger partial charge in [-0.05, 0) is 54.0 Å². The highest BCUT2D eigenvalue weighted by Crippen LogP contribution is 2.45. The third-order valence-electron chi connectivity index (χ3n) is 4.60. The Hall–Kier alpha value is -0.420. The summed E-state index contributed by atoms with van der Waals surface area (Å²) in [6, 6.07) is 2.48. The Morgan fingerprint density at radius 2 is 2.28 bits per heavy atom. The van der Waals surface area contributed by atoms with Crippen molar-refractivity contribution >= 4 is 11.3 Å². The summed E-state index contributed by atoms with van der Waals surface area (Å²) >= 11 is 1.74. The van der Waals surface area contributed by atoms with Crippen LogP contribution in [0.4, 0.5) is 0 Å². The molecule has 3 rings (SSSR count). The van der Waals surface area contributed by atoms with Gasteiger partial charge in [-0.1, -0.05) is 12.8 Å². The maximum Gasteiger partial charge on any atom is 0.0686 e. The Morgan fingerprint density at radius 3 is 2.94 bits per heavy atom. The fraction of sp³-hybridized carbons (Fsp3) is 0.714. The number of rotatable bonds is 3. The van der Waals surface area contributed by atoms with Gasteiger partial charge < -0.3 is 4.74 Å². The number of nitrogens with one attached hydrogen (secondary N) is 1. The van der Waals surface area contributed by atoms with E-state index in [2.05, 4.69) is 22.3 Å². The lowest BCUT2D eigenvalue weighted by atomic mass is 9.79. The number of nitrogens with two attached hydrogens (primary N) is 1. The van der Waals surface area contributed by atoms with Gasteiger partial charge in [0.25, 0.3) is 0 Å². The van der Waals surface area contributed by atoms with Crippen molar-refractivity contribution < 1.29 is 4.74 Å². The van der Waals surface area contributed by atoms with E-state index in [-0.39, 0.29) is 11.6 Å². The van der Waals surface area contributed by atoms with Crippen molar-refractivity contribution in [1.82, 2.24) is 5.43 Å². The van der Waals surface area contributed by atoms with Crippen LogP contribution in [0.2, 0.25) is 0 Å². The van der Waals surface area contributed by atoms with Gasteiger partial charge in [0.05, 0.1) is 5.60 Å². The van der Waals surface area contributed by atoms with Crippen molar-refractivity contribution in [2.75, 3.05) is 6.61 Å². The molecule has 2 heterocycles. The lowest BCUT2D eigenvalue weighted by molar-refractivity contribution is -0.0982. The minimum absolute atomic E-state index is 0.175. The van der Waals surface area contributed by atoms with Gasteiger partial charge in [-0.3, -0.25) is 11.3 Å². The third kappa shape index (κ3) is 2.35. The lowest BCUT2D eigenvalue weighted by Crippen LogP contribution is -2.43. The molecule has 2 aliphatic rings. The molecule has 0 bridgehead atoms. The summed E-state index contributed by atoms with van der Waals surface area (Å²) in [6.45, 7) is 0.896. The maximum absolute atomic E-state index is 6.10. The predicted octanol–water partition coefficient (Wildman–Crippen LogP) is 2.99. The smallest absolute Gasteiger partial charge is 0.0686 e. The van der Waals surface area contributed by atoms with Gasteiger partial charge in [-0.25, -0.2) is 0 Å². The first-order valence-electron chi connectivity index (χ1n) is 6.95. The topological polar surface area (TPSA) is 47.3 Å². The summed E-state index contributed by atoms with van der Waals surface area (Å²) < 4.78 is 6.10. The molecule has 1 aliphatic carbocycles. The SMILES string of the molecule is NNC(c1ccsc1)C1CCOC2(CCCC2)C1. The molecule has 0 radical (unpaired) electrons. The molecule has 0 aromatic carbocycles. The predicted molar refractivity (Wildman–Crippen MR) is 74.3 cm³/mol. The van der Waals surface area contributed by atoms with E-state index >= 15 is 0 Å². The second-order valence-corrected chi connectivity index (χ2v) is 6.47. The summed E-state index contributed by atoms with van der Waals surface area (Å²) in [5.74, 6) is 6.40. The maximum atomic E-state index is 6.10. The van der Waals surface area contributed by atoms with Crippen molar-refractivity contribution in [3.63, 3.8) is 0 Å². The van der Waals surface area contributed by atoms with Crippen LogP contribution in [0.15, 0.2) is 16.8 Å². The lowest BCUT2D eigenvalue weighted by Gasteiger charge is -2.41. The van der Waals surface area contributed by atoms with Crippen LogP contribution in [-0.4, -0.2) is 12.2 Å². The number of hydrazine groups is 1. The zero-order chi connectivity index (χ0) is 12.4. The monoisotopic (exact) mass is 266 g/mol. The fourth-order valence-electron chi connectivity index (χ4n) is 3.67. The van der Waals surface area contributed by atoms with Gasteiger partial charge >= 0.3 is 0 Å². The molecular weight excluding hydrogens is 244 g/mol. The van der Waals surface area contributed by atoms with Crippen LogP contribution in [0.5, 0.6) is 0 Å². The summed E-state index contributed by atoms with van der Waals surface area (Å²) in [6.07, 6.45) is 7.41. The van der Waals surface area contributed by atoms with Crippen molar-refractivity contribution in [1.29, 1.82) is 0 Å². The normalized spacial score (nSPS) is 28.6. The molecule has 1 spiro atoms. The molecule has 1 saturated heterocycles. The summed E-state index contributed by atoms with van der Waals surface area (Å²) in [7, 11) is 0. The van der Waals surface area contributed by atoms with E-state index in [0.29, 0.717) is 5.92 Å². The highest BCUT2D eigenvalue weighted by Gasteiger charge is 2.42. The van der Waals surface area contributed by atoms with Crippen LogP contribution in [0.25, 0.3) is 0 Å². The molecule has 2 fully saturated rings. The van der Waals surface area contributed by atoms with Crippen LogP contribution < -0.4 is 11.3 Å². The van der Waals surface area contributed by atoms with Crippen molar-refractivity contribution in [3.05, 3.63) is 22.4 Å². The van der Waals surface area contributed by atoms with Crippen LogP contribution in [0.3, 0.4) is 0 Å². The standard InChI is InChI=1S/C14H22N2OS/c15-16-13(12-4-8-18-10-12)11-3-7-17-14(9-11)5-1-2-6-14/h4,8,10-11,13,16H,1-3,5-7,9,15H2. The molecule has 1 saturated carbocycles. The average molecular weight is 266 g/mol. The van der Waals surface area contributed by atoms with E-state index in [1.807, 2.05) is 0 Å². The Bertz CT molecular complexity index is 373. The van der Waals surface area contributed by atoms with Gasteiger partial charge in [0.2, 0.25) is 0 Å². The highest BCUT2D eigenvalue weighted by molar-refractivity contribution is 7.07. The van der Waals surface area contributed by atoms with Gasteiger partial charge in [-0.15, -0.1) is 0 Å². The Kier molecular flexibility index (Phi) is 3.71. The van der Waals surface area contributed by atoms with Gasteiger partial charge in [-0.2, -0.15) is 11.3 Å². The Balaban J connectivity index is 1.74. The summed E-state index contributed by atoms with van der Waals surface area (Å²) in [4.78, 5) is 0. The fourth-order valence-corrected chi connectivity index (χ4v) is 4.37. The Labute approximate surface area is 113 Å². The number of hydrogen-bond acceptors (Lipinski definition) is 4. The number of thiophene rings is 1. The largest absolute Gasteiger partial charge is 0.375 e. The first-order chi connectivity index (χ1) is 8.83. The molecule has 3 N–H and O–H groups in total. The van der Waals surface area contributed by atoms with Gasteiger partial charge in [0.1, 0.15) is 0 Å².